The molecule has 0 spiro atoms. The van der Waals surface area contributed by atoms with E-state index >= 15 is 0 Å². The molecule has 0 saturated heterocycles. The van der Waals surface area contributed by atoms with E-state index in [9.17, 15) is 0 Å². The maximum absolute atomic E-state index is 2.50. The highest BCUT2D eigenvalue weighted by atomic mass is 32.1. The molecule has 0 radical (unpaired) electrons. The van der Waals surface area contributed by atoms with Gasteiger partial charge in [-0.15, -0.1) is 11.3 Å². The number of aromatic nitrogens is 1. The van der Waals surface area contributed by atoms with Gasteiger partial charge in [-0.05, 0) is 88.3 Å². The molecule has 3 heteroatoms. The summed E-state index contributed by atoms with van der Waals surface area (Å²) in [5.41, 5.74) is 11.8. The van der Waals surface area contributed by atoms with Crippen molar-refractivity contribution in [3.63, 3.8) is 0 Å². The predicted octanol–water partition coefficient (Wildman–Crippen LogP) is 14.5. The van der Waals surface area contributed by atoms with Crippen LogP contribution >= 0.6 is 11.3 Å². The molecule has 0 unspecified atom stereocenters. The number of fused-ring (bicyclic) bond motifs is 4. The summed E-state index contributed by atoms with van der Waals surface area (Å²) in [6.45, 7) is 0. The Hall–Kier alpha value is -6.68. The monoisotopic (exact) mass is 692 g/mol. The number of para-hydroxylation sites is 1. The van der Waals surface area contributed by atoms with Crippen LogP contribution in [0.2, 0.25) is 0 Å². The Bertz CT molecular complexity index is 3070. The maximum atomic E-state index is 2.50. The molecule has 0 fully saturated rings. The van der Waals surface area contributed by atoms with Crippen molar-refractivity contribution in [2.45, 2.75) is 0 Å². The lowest BCUT2D eigenvalue weighted by molar-refractivity contribution is 1.18. The van der Waals surface area contributed by atoms with Gasteiger partial charge in [-0.1, -0.05) is 133 Å². The fourth-order valence-corrected chi connectivity index (χ4v) is 9.50. The second-order valence-electron chi connectivity index (χ2n) is 13.8. The molecule has 0 atom stereocenters. The van der Waals surface area contributed by atoms with Crippen LogP contribution < -0.4 is 4.90 Å². The van der Waals surface area contributed by atoms with Gasteiger partial charge >= 0.3 is 0 Å². The van der Waals surface area contributed by atoms with Gasteiger partial charge in [-0.3, -0.25) is 0 Å². The van der Waals surface area contributed by atoms with Crippen LogP contribution in [0, 0.1) is 0 Å². The van der Waals surface area contributed by atoms with Crippen LogP contribution in [0.4, 0.5) is 17.1 Å². The third kappa shape index (κ3) is 4.78. The first-order valence-corrected chi connectivity index (χ1v) is 18.9. The van der Waals surface area contributed by atoms with Crippen molar-refractivity contribution < 1.29 is 0 Å². The standard InChI is InChI=1S/C50H32N2S/c1-4-12-33(13-5-1)35-20-25-39(26-21-35)51(38-16-8-3-9-17-38)41-30-37-24-29-43-49-46(32-44-42-18-10-11-19-47(42)53-50(43)44)52(45(31-41)48(37)49)40-27-22-36(23-28-40)34-14-6-2-7-15-34/h1-32H. The second-order valence-corrected chi connectivity index (χ2v) is 14.8. The molecule has 0 amide bonds. The lowest BCUT2D eigenvalue weighted by Gasteiger charge is -2.26. The first-order chi connectivity index (χ1) is 26.3. The van der Waals surface area contributed by atoms with Crippen LogP contribution in [-0.4, -0.2) is 4.57 Å². The maximum Gasteiger partial charge on any atom is 0.0568 e. The number of hydrogen-bond acceptors (Lipinski definition) is 2. The van der Waals surface area contributed by atoms with E-state index in [0.717, 1.165) is 22.7 Å². The molecular formula is C50H32N2S. The molecule has 9 aromatic carbocycles. The Balaban J connectivity index is 1.18. The van der Waals surface area contributed by atoms with Crippen molar-refractivity contribution in [2.75, 3.05) is 4.90 Å². The molecule has 0 N–H and O–H groups in total. The minimum atomic E-state index is 1.12. The summed E-state index contributed by atoms with van der Waals surface area (Å²) in [6, 6.07) is 70.7. The van der Waals surface area contributed by atoms with E-state index in [4.69, 9.17) is 0 Å². The Morgan fingerprint density at radius 3 is 1.64 bits per heavy atom. The van der Waals surface area contributed by atoms with Crippen LogP contribution in [0.1, 0.15) is 0 Å². The van der Waals surface area contributed by atoms with Gasteiger partial charge in [-0.2, -0.15) is 0 Å². The van der Waals surface area contributed by atoms with Crippen molar-refractivity contribution in [3.05, 3.63) is 194 Å². The lowest BCUT2D eigenvalue weighted by atomic mass is 9.99. The highest BCUT2D eigenvalue weighted by Crippen LogP contribution is 2.48. The predicted molar refractivity (Wildman–Crippen MR) is 228 cm³/mol. The Morgan fingerprint density at radius 2 is 0.943 bits per heavy atom. The number of thiophene rings is 1. The van der Waals surface area contributed by atoms with Crippen LogP contribution in [0.15, 0.2) is 194 Å². The molecule has 0 bridgehead atoms. The number of anilines is 3. The zero-order valence-electron chi connectivity index (χ0n) is 28.8. The topological polar surface area (TPSA) is 8.17 Å². The van der Waals surface area contributed by atoms with Crippen LogP contribution in [0.5, 0.6) is 0 Å². The molecule has 0 aliphatic rings. The van der Waals surface area contributed by atoms with Crippen molar-refractivity contribution in [1.29, 1.82) is 0 Å². The minimum absolute atomic E-state index is 1.12. The quantitative estimate of drug-likeness (QED) is 0.158. The van der Waals surface area contributed by atoms with Gasteiger partial charge in [0.15, 0.2) is 0 Å². The van der Waals surface area contributed by atoms with E-state index in [0.29, 0.717) is 0 Å². The molecule has 0 aliphatic carbocycles. The lowest BCUT2D eigenvalue weighted by Crippen LogP contribution is -2.10. The molecule has 0 aliphatic heterocycles. The molecule has 0 saturated carbocycles. The summed E-state index contributed by atoms with van der Waals surface area (Å²) in [6.07, 6.45) is 0. The Labute approximate surface area is 311 Å². The van der Waals surface area contributed by atoms with Crippen molar-refractivity contribution in [3.8, 4) is 27.9 Å². The van der Waals surface area contributed by atoms with Crippen molar-refractivity contribution in [1.82, 2.24) is 4.57 Å². The van der Waals surface area contributed by atoms with Gasteiger partial charge in [0, 0.05) is 59.1 Å². The minimum Gasteiger partial charge on any atom is -0.310 e. The molecule has 2 heterocycles. The molecule has 248 valence electrons. The number of hydrogen-bond donors (Lipinski definition) is 0. The number of benzene rings is 9. The first-order valence-electron chi connectivity index (χ1n) is 18.1. The highest BCUT2D eigenvalue weighted by Gasteiger charge is 2.23. The average Bonchev–Trinajstić information content (AvgIpc) is 3.77. The number of nitrogens with zero attached hydrogens (tertiary/aromatic N) is 2. The van der Waals surface area contributed by atoms with Crippen LogP contribution in [0.25, 0.3) is 80.7 Å². The molecule has 11 rings (SSSR count). The SMILES string of the molecule is c1ccc(-c2ccc(N(c3ccccc3)c3cc4ccc5c6sc7ccccc7c6cc6c5c4c(c3)n6-c3ccc(-c4ccccc4)cc3)cc2)cc1. The Morgan fingerprint density at radius 1 is 0.377 bits per heavy atom. The van der Waals surface area contributed by atoms with Crippen LogP contribution in [-0.2, 0) is 0 Å². The number of rotatable bonds is 6. The summed E-state index contributed by atoms with van der Waals surface area (Å²) >= 11 is 1.90. The van der Waals surface area contributed by atoms with Gasteiger partial charge in [0.2, 0.25) is 0 Å². The fourth-order valence-electron chi connectivity index (χ4n) is 8.28. The summed E-state index contributed by atoms with van der Waals surface area (Å²) in [5.74, 6) is 0. The smallest absolute Gasteiger partial charge is 0.0568 e. The van der Waals surface area contributed by atoms with E-state index in [1.165, 1.54) is 75.0 Å². The third-order valence-electron chi connectivity index (χ3n) is 10.7. The zero-order chi connectivity index (χ0) is 34.9. The molecule has 2 nitrogen and oxygen atoms in total. The van der Waals surface area contributed by atoms with Gasteiger partial charge in [0.25, 0.3) is 0 Å². The average molecular weight is 693 g/mol. The van der Waals surface area contributed by atoms with E-state index < -0.39 is 0 Å². The molecule has 2 aromatic heterocycles. The van der Waals surface area contributed by atoms with Crippen molar-refractivity contribution in [2.24, 2.45) is 0 Å². The summed E-state index contributed by atoms with van der Waals surface area (Å²) < 4.78 is 5.18. The molecular weight excluding hydrogens is 661 g/mol. The van der Waals surface area contributed by atoms with E-state index in [1.807, 2.05) is 11.3 Å². The van der Waals surface area contributed by atoms with E-state index in [2.05, 4.69) is 204 Å². The largest absolute Gasteiger partial charge is 0.310 e. The molecule has 11 aromatic rings. The third-order valence-corrected chi connectivity index (χ3v) is 11.9. The molecule has 53 heavy (non-hydrogen) atoms. The summed E-state index contributed by atoms with van der Waals surface area (Å²) in [4.78, 5) is 2.39. The normalized spacial score (nSPS) is 11.8. The van der Waals surface area contributed by atoms with E-state index in [-0.39, 0.29) is 0 Å². The zero-order valence-corrected chi connectivity index (χ0v) is 29.6. The fraction of sp³-hybridized carbons (Fsp3) is 0. The van der Waals surface area contributed by atoms with Gasteiger partial charge < -0.3 is 9.47 Å². The van der Waals surface area contributed by atoms with E-state index in [1.54, 1.807) is 0 Å². The van der Waals surface area contributed by atoms with Crippen molar-refractivity contribution >= 4 is 81.1 Å². The van der Waals surface area contributed by atoms with Gasteiger partial charge in [0.05, 0.1) is 11.0 Å². The Kier molecular flexibility index (Phi) is 6.76. The first kappa shape index (κ1) is 30.0. The summed E-state index contributed by atoms with van der Waals surface area (Å²) in [5, 5.41) is 7.82. The van der Waals surface area contributed by atoms with Gasteiger partial charge in [0.1, 0.15) is 0 Å². The summed E-state index contributed by atoms with van der Waals surface area (Å²) in [7, 11) is 0. The van der Waals surface area contributed by atoms with Gasteiger partial charge in [-0.25, -0.2) is 0 Å². The van der Waals surface area contributed by atoms with Crippen LogP contribution in [0.3, 0.4) is 0 Å². The highest BCUT2D eigenvalue weighted by molar-refractivity contribution is 7.26. The second kappa shape index (κ2) is 11.9.